The molecule has 9 heteroatoms. The number of carbonyl (C=O) groups is 2. The summed E-state index contributed by atoms with van der Waals surface area (Å²) in [5.74, 6) is 0.0537. The number of urea groups is 1. The van der Waals surface area contributed by atoms with Crippen LogP contribution in [0.2, 0.25) is 0 Å². The number of pyridine rings is 1. The zero-order chi connectivity index (χ0) is 21.1. The largest absolute Gasteiger partial charge is 0.481 e. The number of fused-ring (bicyclic) bond motifs is 1. The Morgan fingerprint density at radius 1 is 1.30 bits per heavy atom. The third-order valence-corrected chi connectivity index (χ3v) is 5.76. The lowest BCUT2D eigenvalue weighted by molar-refractivity contribution is -0.138. The van der Waals surface area contributed by atoms with E-state index in [-0.39, 0.29) is 12.5 Å². The summed E-state index contributed by atoms with van der Waals surface area (Å²) in [6.07, 6.45) is 5.45. The maximum Gasteiger partial charge on any atom is 0.320 e. The van der Waals surface area contributed by atoms with Crippen LogP contribution in [0.5, 0.6) is 0 Å². The maximum atomic E-state index is 12.9. The number of rotatable bonds is 8. The number of anilines is 1. The van der Waals surface area contributed by atoms with Gasteiger partial charge in [-0.25, -0.2) is 9.78 Å². The maximum absolute atomic E-state index is 12.9. The van der Waals surface area contributed by atoms with Gasteiger partial charge in [0.25, 0.3) is 0 Å². The van der Waals surface area contributed by atoms with Crippen molar-refractivity contribution in [2.45, 2.75) is 38.1 Å². The highest BCUT2D eigenvalue weighted by molar-refractivity contribution is 5.78. The Morgan fingerprint density at radius 3 is 2.93 bits per heavy atom. The molecule has 9 nitrogen and oxygen atoms in total. The van der Waals surface area contributed by atoms with E-state index in [4.69, 9.17) is 4.98 Å². The Bertz CT molecular complexity index is 927. The number of hydrogen-bond donors (Lipinski definition) is 2. The lowest BCUT2D eigenvalue weighted by Gasteiger charge is -2.25. The first-order chi connectivity index (χ1) is 14.5. The molecule has 0 radical (unpaired) electrons. The number of amides is 2. The zero-order valence-electron chi connectivity index (χ0n) is 17.3. The van der Waals surface area contributed by atoms with Gasteiger partial charge in [0.1, 0.15) is 5.82 Å². The normalized spacial score (nSPS) is 17.0. The Hall–Kier alpha value is -3.10. The number of nitrogens with zero attached hydrogens (tertiary/aromatic N) is 5. The van der Waals surface area contributed by atoms with Crippen molar-refractivity contribution in [2.75, 3.05) is 31.5 Å². The molecule has 2 amide bonds. The molecule has 2 aromatic heterocycles. The lowest BCUT2D eigenvalue weighted by atomic mass is 10.1. The van der Waals surface area contributed by atoms with Crippen LogP contribution in [-0.2, 0) is 24.7 Å². The van der Waals surface area contributed by atoms with Crippen molar-refractivity contribution in [3.05, 3.63) is 41.3 Å². The van der Waals surface area contributed by atoms with Gasteiger partial charge in [-0.3, -0.25) is 9.48 Å². The van der Waals surface area contributed by atoms with Crippen molar-refractivity contribution in [3.63, 3.8) is 0 Å². The van der Waals surface area contributed by atoms with Crippen LogP contribution in [0, 0.1) is 0 Å². The van der Waals surface area contributed by atoms with E-state index in [0.29, 0.717) is 25.3 Å². The summed E-state index contributed by atoms with van der Waals surface area (Å²) < 4.78 is 1.63. The van der Waals surface area contributed by atoms with Gasteiger partial charge in [0.15, 0.2) is 0 Å². The van der Waals surface area contributed by atoms with Gasteiger partial charge in [-0.1, -0.05) is 6.07 Å². The molecule has 0 saturated carbocycles. The summed E-state index contributed by atoms with van der Waals surface area (Å²) in [5.41, 5.74) is 2.92. The smallest absolute Gasteiger partial charge is 0.320 e. The average Bonchev–Trinajstić information content (AvgIpc) is 3.32. The van der Waals surface area contributed by atoms with Gasteiger partial charge in [-0.15, -0.1) is 0 Å². The Morgan fingerprint density at radius 2 is 2.17 bits per heavy atom. The minimum Gasteiger partial charge on any atom is -0.481 e. The number of aryl methyl sites for hydroxylation is 3. The predicted molar refractivity (Wildman–Crippen MR) is 111 cm³/mol. The number of hydrogen-bond acceptors (Lipinski definition) is 5. The number of carboxylic acid groups (broad SMARTS) is 1. The minimum absolute atomic E-state index is 0.119. The Labute approximate surface area is 175 Å². The fraction of sp³-hybridized carbons (Fsp3) is 0.524. The monoisotopic (exact) mass is 412 g/mol. The van der Waals surface area contributed by atoms with E-state index in [1.54, 1.807) is 33.8 Å². The van der Waals surface area contributed by atoms with Crippen molar-refractivity contribution in [1.29, 1.82) is 0 Å². The molecule has 160 valence electrons. The summed E-state index contributed by atoms with van der Waals surface area (Å²) in [6.45, 7) is 2.70. The quantitative estimate of drug-likeness (QED) is 0.688. The molecule has 30 heavy (non-hydrogen) atoms. The number of carboxylic acids is 1. The Balaban J connectivity index is 1.35. The zero-order valence-corrected chi connectivity index (χ0v) is 17.3. The molecule has 2 N–H and O–H groups in total. The average molecular weight is 412 g/mol. The number of nitrogens with one attached hydrogen (secondary N) is 1. The van der Waals surface area contributed by atoms with E-state index in [9.17, 15) is 14.7 Å². The van der Waals surface area contributed by atoms with Crippen LogP contribution < -0.4 is 5.32 Å². The van der Waals surface area contributed by atoms with Gasteiger partial charge >= 0.3 is 12.0 Å². The second-order valence-corrected chi connectivity index (χ2v) is 7.94. The van der Waals surface area contributed by atoms with Crippen LogP contribution in [-0.4, -0.2) is 67.9 Å². The van der Waals surface area contributed by atoms with Gasteiger partial charge in [0, 0.05) is 45.1 Å². The molecule has 0 unspecified atom stereocenters. The summed E-state index contributed by atoms with van der Waals surface area (Å²) >= 11 is 0. The van der Waals surface area contributed by atoms with Gasteiger partial charge in [0.2, 0.25) is 0 Å². The van der Waals surface area contributed by atoms with Gasteiger partial charge < -0.3 is 20.2 Å². The van der Waals surface area contributed by atoms with Crippen LogP contribution in [0.15, 0.2) is 24.4 Å². The second-order valence-electron chi connectivity index (χ2n) is 7.94. The van der Waals surface area contributed by atoms with Gasteiger partial charge in [-0.2, -0.15) is 5.10 Å². The van der Waals surface area contributed by atoms with E-state index < -0.39 is 12.0 Å². The van der Waals surface area contributed by atoms with Crippen LogP contribution in [0.4, 0.5) is 10.6 Å². The van der Waals surface area contributed by atoms with Crippen molar-refractivity contribution in [1.82, 2.24) is 24.6 Å². The SMILES string of the molecule is Cn1ccc([C@@H](CC(=O)O)N2CCN(CCCc3ccc4c(n3)NCCC4)C2=O)n1. The minimum atomic E-state index is -0.941. The molecule has 2 aliphatic heterocycles. The first-order valence-electron chi connectivity index (χ1n) is 10.5. The van der Waals surface area contributed by atoms with E-state index in [2.05, 4.69) is 22.5 Å². The molecule has 0 aliphatic carbocycles. The summed E-state index contributed by atoms with van der Waals surface area (Å²) in [6, 6.07) is 5.34. The van der Waals surface area contributed by atoms with Crippen LogP contribution in [0.3, 0.4) is 0 Å². The molecule has 1 atom stereocenters. The standard InChI is InChI=1S/C21H28N6O3/c1-25-11-8-17(24-25)18(14-19(28)29)27-13-12-26(21(27)30)10-3-5-16-7-6-15-4-2-9-22-20(15)23-16/h6-8,11,18H,2-5,9-10,12-14H2,1H3,(H,22,23)(H,28,29)/t18-/m1/s1. The summed E-state index contributed by atoms with van der Waals surface area (Å²) in [4.78, 5) is 32.5. The van der Waals surface area contributed by atoms with Gasteiger partial charge in [0.05, 0.1) is 18.2 Å². The lowest BCUT2D eigenvalue weighted by Crippen LogP contribution is -2.36. The molecule has 2 aliphatic rings. The third kappa shape index (κ3) is 4.39. The number of aliphatic carboxylic acids is 1. The molecule has 1 fully saturated rings. The fourth-order valence-electron chi connectivity index (χ4n) is 4.21. The fourth-order valence-corrected chi connectivity index (χ4v) is 4.21. The van der Waals surface area contributed by atoms with E-state index in [1.807, 2.05) is 0 Å². The highest BCUT2D eigenvalue weighted by Gasteiger charge is 2.36. The van der Waals surface area contributed by atoms with Crippen LogP contribution in [0.1, 0.15) is 42.3 Å². The van der Waals surface area contributed by atoms with Crippen molar-refractivity contribution in [3.8, 4) is 0 Å². The summed E-state index contributed by atoms with van der Waals surface area (Å²) in [7, 11) is 1.78. The summed E-state index contributed by atoms with van der Waals surface area (Å²) in [5, 5.41) is 17.0. The van der Waals surface area contributed by atoms with E-state index >= 15 is 0 Å². The molecule has 0 aromatic carbocycles. The first kappa shape index (κ1) is 20.2. The third-order valence-electron chi connectivity index (χ3n) is 5.76. The molecular weight excluding hydrogens is 384 g/mol. The van der Waals surface area contributed by atoms with Gasteiger partial charge in [-0.05, 0) is 43.4 Å². The number of carbonyl (C=O) groups excluding carboxylic acids is 1. The molecule has 4 rings (SSSR count). The Kier molecular flexibility index (Phi) is 5.87. The van der Waals surface area contributed by atoms with E-state index in [0.717, 1.165) is 43.7 Å². The van der Waals surface area contributed by atoms with Crippen LogP contribution in [0.25, 0.3) is 0 Å². The highest BCUT2D eigenvalue weighted by atomic mass is 16.4. The highest BCUT2D eigenvalue weighted by Crippen LogP contribution is 2.27. The van der Waals surface area contributed by atoms with Crippen LogP contribution >= 0.6 is 0 Å². The topological polar surface area (TPSA) is 104 Å². The first-order valence-corrected chi connectivity index (χ1v) is 10.5. The molecule has 4 heterocycles. The van der Waals surface area contributed by atoms with E-state index in [1.165, 1.54) is 5.56 Å². The van der Waals surface area contributed by atoms with Crippen molar-refractivity contribution >= 4 is 17.8 Å². The molecule has 0 spiro atoms. The second kappa shape index (κ2) is 8.73. The molecule has 1 saturated heterocycles. The predicted octanol–water partition coefficient (Wildman–Crippen LogP) is 2.06. The molecule has 2 aromatic rings. The van der Waals surface area contributed by atoms with Crippen molar-refractivity contribution < 1.29 is 14.7 Å². The molecular formula is C21H28N6O3. The number of aromatic nitrogens is 3. The molecule has 0 bridgehead atoms. The van der Waals surface area contributed by atoms with Crippen molar-refractivity contribution in [2.24, 2.45) is 7.05 Å².